The first-order valence-corrected chi connectivity index (χ1v) is 6.62. The summed E-state index contributed by atoms with van der Waals surface area (Å²) in [5.41, 5.74) is 5.89. The van der Waals surface area contributed by atoms with Crippen LogP contribution in [0.1, 0.15) is 22.8 Å². The Morgan fingerprint density at radius 3 is 2.27 bits per heavy atom. The van der Waals surface area contributed by atoms with Crippen LogP contribution in [0.5, 0.6) is 0 Å². The Morgan fingerprint density at radius 2 is 1.68 bits per heavy atom. The number of halogens is 4. The van der Waals surface area contributed by atoms with Crippen molar-refractivity contribution in [2.45, 2.75) is 24.7 Å². The molecule has 2 aromatic carbocycles. The van der Waals surface area contributed by atoms with Crippen LogP contribution in [0.25, 0.3) is 0 Å². The van der Waals surface area contributed by atoms with E-state index in [1.807, 2.05) is 0 Å². The largest absolute Gasteiger partial charge is 0.416 e. The van der Waals surface area contributed by atoms with Gasteiger partial charge in [-0.3, -0.25) is 0 Å². The van der Waals surface area contributed by atoms with Gasteiger partial charge in [0.05, 0.1) is 11.7 Å². The molecule has 0 amide bonds. The summed E-state index contributed by atoms with van der Waals surface area (Å²) in [6.07, 6.45) is -5.44. The third-order valence-corrected chi connectivity index (χ3v) is 3.34. The monoisotopic (exact) mass is 313 g/mol. The maximum Gasteiger partial charge on any atom is 0.416 e. The molecular weight excluding hydrogens is 298 g/mol. The summed E-state index contributed by atoms with van der Waals surface area (Å²) in [7, 11) is 0. The zero-order valence-electron chi connectivity index (χ0n) is 11.5. The molecule has 3 N–H and O–H groups in total. The van der Waals surface area contributed by atoms with Gasteiger partial charge in [-0.2, -0.15) is 13.2 Å². The summed E-state index contributed by atoms with van der Waals surface area (Å²) in [5, 5.41) is 10.1. The number of alkyl halides is 3. The fourth-order valence-corrected chi connectivity index (χ4v) is 2.17. The lowest BCUT2D eigenvalue weighted by Crippen LogP contribution is -2.30. The minimum atomic E-state index is -4.42. The molecule has 0 aromatic heterocycles. The van der Waals surface area contributed by atoms with Crippen LogP contribution in [-0.2, 0) is 12.6 Å². The molecule has 0 aliphatic rings. The van der Waals surface area contributed by atoms with E-state index in [0.29, 0.717) is 11.1 Å². The van der Waals surface area contributed by atoms with E-state index in [1.165, 1.54) is 36.4 Å². The Morgan fingerprint density at radius 1 is 1.05 bits per heavy atom. The topological polar surface area (TPSA) is 46.2 Å². The quantitative estimate of drug-likeness (QED) is 0.849. The van der Waals surface area contributed by atoms with Crippen LogP contribution in [-0.4, -0.2) is 11.1 Å². The van der Waals surface area contributed by atoms with E-state index in [9.17, 15) is 22.7 Å². The van der Waals surface area contributed by atoms with Crippen LogP contribution >= 0.6 is 0 Å². The molecule has 2 atom stereocenters. The summed E-state index contributed by atoms with van der Waals surface area (Å²) in [5.74, 6) is -0.442. The molecule has 0 saturated carbocycles. The van der Waals surface area contributed by atoms with Crippen LogP contribution in [0.15, 0.2) is 48.5 Å². The SMILES string of the molecule is NC(Cc1cccc(C(F)(F)F)c1)C(O)c1ccc(F)cc1. The molecule has 0 heterocycles. The molecule has 118 valence electrons. The maximum absolute atomic E-state index is 12.8. The highest BCUT2D eigenvalue weighted by Gasteiger charge is 2.30. The van der Waals surface area contributed by atoms with Gasteiger partial charge in [-0.25, -0.2) is 4.39 Å². The first kappa shape index (κ1) is 16.5. The lowest BCUT2D eigenvalue weighted by atomic mass is 9.96. The predicted molar refractivity (Wildman–Crippen MR) is 74.5 cm³/mol. The first-order valence-electron chi connectivity index (χ1n) is 6.62. The minimum absolute atomic E-state index is 0.0719. The van der Waals surface area contributed by atoms with Gasteiger partial charge in [0.1, 0.15) is 5.82 Å². The van der Waals surface area contributed by atoms with Gasteiger partial charge in [0.2, 0.25) is 0 Å². The van der Waals surface area contributed by atoms with Crippen molar-refractivity contribution in [3.63, 3.8) is 0 Å². The van der Waals surface area contributed by atoms with Crippen molar-refractivity contribution >= 4 is 0 Å². The average molecular weight is 313 g/mol. The normalized spacial score (nSPS) is 14.6. The molecule has 6 heteroatoms. The number of aliphatic hydroxyl groups excluding tert-OH is 1. The smallest absolute Gasteiger partial charge is 0.387 e. The van der Waals surface area contributed by atoms with Crippen molar-refractivity contribution in [1.29, 1.82) is 0 Å². The fraction of sp³-hybridized carbons (Fsp3) is 0.250. The molecule has 0 fully saturated rings. The standard InChI is InChI=1S/C16H15F4NO/c17-13-6-4-11(5-7-13)15(22)14(21)9-10-2-1-3-12(8-10)16(18,19)20/h1-8,14-15,22H,9,21H2. The predicted octanol–water partition coefficient (Wildman–Crippen LogP) is 3.45. The van der Waals surface area contributed by atoms with Gasteiger partial charge in [0, 0.05) is 6.04 Å². The number of benzene rings is 2. The van der Waals surface area contributed by atoms with Crippen molar-refractivity contribution in [3.8, 4) is 0 Å². The fourth-order valence-electron chi connectivity index (χ4n) is 2.17. The third kappa shape index (κ3) is 4.05. The van der Waals surface area contributed by atoms with Crippen molar-refractivity contribution in [3.05, 3.63) is 71.0 Å². The van der Waals surface area contributed by atoms with E-state index in [2.05, 4.69) is 0 Å². The number of hydrogen-bond acceptors (Lipinski definition) is 2. The number of rotatable bonds is 4. The average Bonchev–Trinajstić information content (AvgIpc) is 2.46. The second-order valence-corrected chi connectivity index (χ2v) is 5.06. The van der Waals surface area contributed by atoms with Crippen LogP contribution in [0.2, 0.25) is 0 Å². The number of nitrogens with two attached hydrogens (primary N) is 1. The molecule has 0 aliphatic heterocycles. The summed E-state index contributed by atoms with van der Waals surface area (Å²) in [4.78, 5) is 0. The van der Waals surface area contributed by atoms with Gasteiger partial charge >= 0.3 is 6.18 Å². The highest BCUT2D eigenvalue weighted by Crippen LogP contribution is 2.30. The van der Waals surface area contributed by atoms with Gasteiger partial charge in [-0.15, -0.1) is 0 Å². The van der Waals surface area contributed by atoms with Crippen LogP contribution in [0.3, 0.4) is 0 Å². The van der Waals surface area contributed by atoms with Gasteiger partial charge in [-0.05, 0) is 35.7 Å². The second-order valence-electron chi connectivity index (χ2n) is 5.06. The Balaban J connectivity index is 2.11. The first-order chi connectivity index (χ1) is 10.3. The van der Waals surface area contributed by atoms with Gasteiger partial charge in [0.25, 0.3) is 0 Å². The van der Waals surface area contributed by atoms with E-state index in [0.717, 1.165) is 12.1 Å². The summed E-state index contributed by atoms with van der Waals surface area (Å²) >= 11 is 0. The van der Waals surface area contributed by atoms with Crippen LogP contribution < -0.4 is 5.73 Å². The molecule has 0 radical (unpaired) electrons. The van der Waals surface area contributed by atoms with Gasteiger partial charge in [0.15, 0.2) is 0 Å². The van der Waals surface area contributed by atoms with Crippen molar-refractivity contribution in [2.24, 2.45) is 5.73 Å². The maximum atomic E-state index is 12.8. The lowest BCUT2D eigenvalue weighted by Gasteiger charge is -2.20. The molecule has 0 aliphatic carbocycles. The van der Waals surface area contributed by atoms with E-state index in [-0.39, 0.29) is 6.42 Å². The molecular formula is C16H15F4NO. The third-order valence-electron chi connectivity index (χ3n) is 3.34. The zero-order chi connectivity index (χ0) is 16.3. The van der Waals surface area contributed by atoms with Gasteiger partial charge < -0.3 is 10.8 Å². The Labute approximate surface area is 125 Å². The van der Waals surface area contributed by atoms with E-state index >= 15 is 0 Å². The molecule has 0 bridgehead atoms. The minimum Gasteiger partial charge on any atom is -0.387 e. The van der Waals surface area contributed by atoms with E-state index in [1.54, 1.807) is 0 Å². The molecule has 0 saturated heterocycles. The number of aliphatic hydroxyl groups is 1. The highest BCUT2D eigenvalue weighted by molar-refractivity contribution is 5.27. The lowest BCUT2D eigenvalue weighted by molar-refractivity contribution is -0.137. The van der Waals surface area contributed by atoms with Gasteiger partial charge in [-0.1, -0.05) is 30.3 Å². The Kier molecular flexibility index (Phi) is 4.83. The van der Waals surface area contributed by atoms with Crippen molar-refractivity contribution < 1.29 is 22.7 Å². The Bertz CT molecular complexity index is 625. The van der Waals surface area contributed by atoms with Crippen molar-refractivity contribution in [2.75, 3.05) is 0 Å². The van der Waals surface area contributed by atoms with E-state index < -0.39 is 29.7 Å². The molecule has 22 heavy (non-hydrogen) atoms. The molecule has 0 spiro atoms. The summed E-state index contributed by atoms with van der Waals surface area (Å²) < 4.78 is 50.8. The van der Waals surface area contributed by atoms with Crippen molar-refractivity contribution in [1.82, 2.24) is 0 Å². The molecule has 2 rings (SSSR count). The van der Waals surface area contributed by atoms with Crippen LogP contribution in [0, 0.1) is 5.82 Å². The van der Waals surface area contributed by atoms with Crippen LogP contribution in [0.4, 0.5) is 17.6 Å². The Hall–Kier alpha value is -1.92. The number of hydrogen-bond donors (Lipinski definition) is 2. The van der Waals surface area contributed by atoms with E-state index in [4.69, 9.17) is 5.73 Å². The molecule has 2 aromatic rings. The molecule has 2 nitrogen and oxygen atoms in total. The highest BCUT2D eigenvalue weighted by atomic mass is 19.4. The summed E-state index contributed by atoms with van der Waals surface area (Å²) in [6.45, 7) is 0. The summed E-state index contributed by atoms with van der Waals surface area (Å²) in [6, 6.07) is 9.18. The molecule has 2 unspecified atom stereocenters. The zero-order valence-corrected chi connectivity index (χ0v) is 11.5. The second kappa shape index (κ2) is 6.46.